The van der Waals surface area contributed by atoms with Crippen LogP contribution >= 0.6 is 0 Å². The number of rotatable bonds is 1. The fraction of sp³-hybridized carbons (Fsp3) is 0.667. The number of fused-ring (bicyclic) bond motifs is 2. The Kier molecular flexibility index (Phi) is 4.93. The van der Waals surface area contributed by atoms with Crippen LogP contribution in [0.3, 0.4) is 0 Å². The molecular formula is C21H30N4O3. The van der Waals surface area contributed by atoms with Crippen molar-refractivity contribution in [2.45, 2.75) is 83.8 Å². The number of amides is 1. The molecule has 1 saturated heterocycles. The molecule has 0 spiro atoms. The first-order valence-corrected chi connectivity index (χ1v) is 10.5. The summed E-state index contributed by atoms with van der Waals surface area (Å²) in [5.74, 6) is 0. The number of hydrogen-bond donors (Lipinski definition) is 1. The minimum Gasteiger partial charge on any atom is -0.444 e. The zero-order chi connectivity index (χ0) is 19.9. The van der Waals surface area contributed by atoms with Crippen LogP contribution in [0, 0.1) is 0 Å². The van der Waals surface area contributed by atoms with E-state index in [2.05, 4.69) is 5.10 Å². The Hall–Kier alpha value is -2.31. The topological polar surface area (TPSA) is 79.7 Å². The molecule has 7 nitrogen and oxygen atoms in total. The van der Waals surface area contributed by atoms with Crippen LogP contribution in [0.15, 0.2) is 10.9 Å². The van der Waals surface area contributed by atoms with Gasteiger partial charge in [0, 0.05) is 18.2 Å². The number of nitrogens with one attached hydrogen (secondary N) is 1. The molecule has 1 aliphatic carbocycles. The van der Waals surface area contributed by atoms with Crippen molar-refractivity contribution >= 4 is 11.7 Å². The molecule has 3 heterocycles. The summed E-state index contributed by atoms with van der Waals surface area (Å²) in [6.45, 7) is 6.30. The molecule has 2 aliphatic rings. The number of aromatic nitrogens is 3. The molecule has 2 aromatic rings. The maximum atomic E-state index is 13.0. The van der Waals surface area contributed by atoms with E-state index in [1.54, 1.807) is 9.42 Å². The fourth-order valence-electron chi connectivity index (χ4n) is 4.32. The van der Waals surface area contributed by atoms with E-state index in [4.69, 9.17) is 9.72 Å². The second-order valence-electron chi connectivity index (χ2n) is 8.99. The van der Waals surface area contributed by atoms with Gasteiger partial charge in [-0.2, -0.15) is 0 Å². The number of aryl methyl sites for hydroxylation is 1. The maximum absolute atomic E-state index is 13.0. The molecule has 7 heteroatoms. The van der Waals surface area contributed by atoms with Crippen molar-refractivity contribution in [3.05, 3.63) is 33.4 Å². The molecule has 1 unspecified atom stereocenters. The first-order chi connectivity index (χ1) is 13.3. The highest BCUT2D eigenvalue weighted by molar-refractivity contribution is 5.69. The Morgan fingerprint density at radius 2 is 1.96 bits per heavy atom. The molecule has 0 bridgehead atoms. The lowest BCUT2D eigenvalue weighted by Crippen LogP contribution is -2.42. The molecular weight excluding hydrogens is 356 g/mol. The highest BCUT2D eigenvalue weighted by atomic mass is 16.6. The minimum atomic E-state index is -0.532. The number of likely N-dealkylation sites (tertiary alicyclic amines) is 1. The normalized spacial score (nSPS) is 20.7. The van der Waals surface area contributed by atoms with Gasteiger partial charge in [0.1, 0.15) is 5.60 Å². The van der Waals surface area contributed by atoms with Crippen LogP contribution in [0.25, 0.3) is 5.65 Å². The number of nitrogens with zero attached hydrogens (tertiary/aromatic N) is 3. The Balaban J connectivity index is 1.70. The Morgan fingerprint density at radius 1 is 1.18 bits per heavy atom. The van der Waals surface area contributed by atoms with E-state index in [0.29, 0.717) is 12.2 Å². The van der Waals surface area contributed by atoms with Crippen LogP contribution in [0.4, 0.5) is 4.79 Å². The van der Waals surface area contributed by atoms with Crippen molar-refractivity contribution in [1.29, 1.82) is 0 Å². The molecule has 1 amide bonds. The lowest BCUT2D eigenvalue weighted by molar-refractivity contribution is 0.00897. The highest BCUT2D eigenvalue weighted by Crippen LogP contribution is 2.32. The quantitative estimate of drug-likeness (QED) is 0.757. The first-order valence-electron chi connectivity index (χ1n) is 10.5. The van der Waals surface area contributed by atoms with E-state index in [-0.39, 0.29) is 17.7 Å². The zero-order valence-corrected chi connectivity index (χ0v) is 17.1. The Morgan fingerprint density at radius 3 is 2.75 bits per heavy atom. The first kappa shape index (κ1) is 19.0. The van der Waals surface area contributed by atoms with Crippen molar-refractivity contribution in [3.63, 3.8) is 0 Å². The SMILES string of the molecule is CC(C)(C)OC(=O)N1CCCCC1c1cc2nc3c(c(=O)n2[nH]1)CCCCC3. The third-order valence-electron chi connectivity index (χ3n) is 5.64. The van der Waals surface area contributed by atoms with E-state index < -0.39 is 5.60 Å². The van der Waals surface area contributed by atoms with Crippen molar-refractivity contribution < 1.29 is 9.53 Å². The standard InChI is InChI=1S/C21H30N4O3/c1-21(2,3)28-20(27)24-12-8-7-11-17(24)16-13-18-22-15-10-6-4-5-9-14(15)19(26)25(18)23-16/h13,17,23H,4-12H2,1-3H3. The summed E-state index contributed by atoms with van der Waals surface area (Å²) in [6.07, 6.45) is 7.49. The van der Waals surface area contributed by atoms with Crippen molar-refractivity contribution in [2.24, 2.45) is 0 Å². The summed E-state index contributed by atoms with van der Waals surface area (Å²) in [5.41, 5.74) is 2.77. The third kappa shape index (κ3) is 3.66. The smallest absolute Gasteiger partial charge is 0.410 e. The minimum absolute atomic E-state index is 0.00720. The number of piperidine rings is 1. The van der Waals surface area contributed by atoms with Gasteiger partial charge in [-0.05, 0) is 65.7 Å². The molecule has 1 fully saturated rings. The van der Waals surface area contributed by atoms with Gasteiger partial charge < -0.3 is 4.74 Å². The average Bonchev–Trinajstić information content (AvgIpc) is 2.92. The van der Waals surface area contributed by atoms with E-state index in [1.165, 1.54) is 0 Å². The summed E-state index contributed by atoms with van der Waals surface area (Å²) in [5, 5.41) is 3.24. The van der Waals surface area contributed by atoms with E-state index in [0.717, 1.165) is 68.3 Å². The third-order valence-corrected chi connectivity index (χ3v) is 5.64. The monoisotopic (exact) mass is 386 g/mol. The number of aromatic amines is 1. The molecule has 1 N–H and O–H groups in total. The van der Waals surface area contributed by atoms with Crippen LogP contribution in [-0.2, 0) is 17.6 Å². The number of carbonyl (C=O) groups is 1. The maximum Gasteiger partial charge on any atom is 0.410 e. The predicted octanol–water partition coefficient (Wildman–Crippen LogP) is 3.75. The summed E-state index contributed by atoms with van der Waals surface area (Å²) >= 11 is 0. The van der Waals surface area contributed by atoms with Crippen LogP contribution < -0.4 is 5.56 Å². The van der Waals surface area contributed by atoms with Gasteiger partial charge in [0.05, 0.1) is 17.4 Å². The van der Waals surface area contributed by atoms with Gasteiger partial charge in [-0.1, -0.05) is 6.42 Å². The molecule has 0 radical (unpaired) electrons. The molecule has 1 aliphatic heterocycles. The molecule has 0 saturated carbocycles. The van der Waals surface area contributed by atoms with Crippen molar-refractivity contribution in [1.82, 2.24) is 19.5 Å². The van der Waals surface area contributed by atoms with Crippen LogP contribution in [0.2, 0.25) is 0 Å². The van der Waals surface area contributed by atoms with Gasteiger partial charge in [-0.15, -0.1) is 0 Å². The molecule has 2 aromatic heterocycles. The highest BCUT2D eigenvalue weighted by Gasteiger charge is 2.33. The summed E-state index contributed by atoms with van der Waals surface area (Å²) in [6, 6.07) is 1.81. The molecule has 4 rings (SSSR count). The van der Waals surface area contributed by atoms with E-state index in [9.17, 15) is 9.59 Å². The van der Waals surface area contributed by atoms with Gasteiger partial charge in [0.25, 0.3) is 5.56 Å². The van der Waals surface area contributed by atoms with Crippen molar-refractivity contribution in [3.8, 4) is 0 Å². The van der Waals surface area contributed by atoms with Crippen LogP contribution in [-0.4, -0.2) is 37.7 Å². The van der Waals surface area contributed by atoms with Gasteiger partial charge in [-0.3, -0.25) is 14.8 Å². The fourth-order valence-corrected chi connectivity index (χ4v) is 4.32. The lowest BCUT2D eigenvalue weighted by atomic mass is 10.00. The van der Waals surface area contributed by atoms with Gasteiger partial charge in [-0.25, -0.2) is 14.3 Å². The summed E-state index contributed by atoms with van der Waals surface area (Å²) in [7, 11) is 0. The average molecular weight is 386 g/mol. The van der Waals surface area contributed by atoms with E-state index in [1.807, 2.05) is 26.8 Å². The van der Waals surface area contributed by atoms with Gasteiger partial charge in [0.2, 0.25) is 0 Å². The van der Waals surface area contributed by atoms with Crippen LogP contribution in [0.1, 0.15) is 82.3 Å². The van der Waals surface area contributed by atoms with Gasteiger partial charge >= 0.3 is 6.09 Å². The molecule has 28 heavy (non-hydrogen) atoms. The second kappa shape index (κ2) is 7.26. The second-order valence-corrected chi connectivity index (χ2v) is 8.99. The van der Waals surface area contributed by atoms with Crippen molar-refractivity contribution in [2.75, 3.05) is 6.54 Å². The summed E-state index contributed by atoms with van der Waals surface area (Å²) in [4.78, 5) is 32.3. The molecule has 152 valence electrons. The van der Waals surface area contributed by atoms with E-state index >= 15 is 0 Å². The van der Waals surface area contributed by atoms with Gasteiger partial charge in [0.15, 0.2) is 5.65 Å². The number of ether oxygens (including phenoxy) is 1. The Labute approximate surface area is 165 Å². The number of hydrogen-bond acceptors (Lipinski definition) is 4. The zero-order valence-electron chi connectivity index (χ0n) is 17.1. The van der Waals surface area contributed by atoms with Crippen LogP contribution in [0.5, 0.6) is 0 Å². The Bertz CT molecular complexity index is 937. The molecule has 1 atom stereocenters. The summed E-state index contributed by atoms with van der Waals surface area (Å²) < 4.78 is 7.17. The molecule has 0 aromatic carbocycles. The largest absolute Gasteiger partial charge is 0.444 e. The predicted molar refractivity (Wildman–Crippen MR) is 107 cm³/mol. The lowest BCUT2D eigenvalue weighted by Gasteiger charge is -2.36. The number of carbonyl (C=O) groups excluding carboxylic acids is 1. The number of H-pyrrole nitrogens is 1.